The number of aryl methyl sites for hydroxylation is 2. The summed E-state index contributed by atoms with van der Waals surface area (Å²) in [5, 5.41) is 0.579. The Kier molecular flexibility index (Phi) is 6.88. The summed E-state index contributed by atoms with van der Waals surface area (Å²) in [6.45, 7) is 0.307. The average Bonchev–Trinajstić information content (AvgIpc) is 3.21. The molecular weight excluding hydrogens is 521 g/mol. The topological polar surface area (TPSA) is 72.3 Å². The summed E-state index contributed by atoms with van der Waals surface area (Å²) in [7, 11) is 0. The van der Waals surface area contributed by atoms with Gasteiger partial charge in [0.25, 0.3) is 11.5 Å². The molecule has 2 amide bonds. The van der Waals surface area contributed by atoms with Crippen LogP contribution in [0, 0.1) is 5.82 Å². The Bertz CT molecular complexity index is 1580. The smallest absolute Gasteiger partial charge is 0.267 e. The summed E-state index contributed by atoms with van der Waals surface area (Å²) < 4.78 is 15.0. The molecule has 1 fully saturated rings. The number of hydrogen-bond acceptors (Lipinski definition) is 6. The number of halogens is 1. The Morgan fingerprint density at radius 3 is 2.53 bits per heavy atom. The van der Waals surface area contributed by atoms with Gasteiger partial charge < -0.3 is 0 Å². The lowest BCUT2D eigenvalue weighted by Crippen LogP contribution is -2.41. The Morgan fingerprint density at radius 1 is 0.974 bits per heavy atom. The Balaban J connectivity index is 1.41. The van der Waals surface area contributed by atoms with Crippen LogP contribution in [0.15, 0.2) is 64.5 Å². The van der Waals surface area contributed by atoms with Crippen LogP contribution in [-0.4, -0.2) is 38.1 Å². The first-order valence-corrected chi connectivity index (χ1v) is 14.6. The van der Waals surface area contributed by atoms with Crippen LogP contribution in [0.2, 0.25) is 0 Å². The zero-order valence-corrected chi connectivity index (χ0v) is 22.3. The number of benzene rings is 2. The molecule has 9 heteroatoms. The Labute approximate surface area is 227 Å². The first-order chi connectivity index (χ1) is 18.5. The average molecular weight is 548 g/mol. The highest BCUT2D eigenvalue weighted by Crippen LogP contribution is 2.37. The van der Waals surface area contributed by atoms with E-state index in [0.29, 0.717) is 35.6 Å². The van der Waals surface area contributed by atoms with Crippen LogP contribution in [0.3, 0.4) is 0 Å². The molecule has 6 nitrogen and oxygen atoms in total. The van der Waals surface area contributed by atoms with Crippen LogP contribution in [0.5, 0.6) is 0 Å². The molecule has 1 aliphatic heterocycles. The second-order valence-corrected chi connectivity index (χ2v) is 11.9. The van der Waals surface area contributed by atoms with E-state index in [1.807, 2.05) is 30.3 Å². The van der Waals surface area contributed by atoms with Gasteiger partial charge in [-0.25, -0.2) is 9.37 Å². The Hall–Kier alpha value is -3.30. The van der Waals surface area contributed by atoms with Gasteiger partial charge in [0.1, 0.15) is 10.6 Å². The molecule has 1 aliphatic carbocycles. The van der Waals surface area contributed by atoms with Gasteiger partial charge in [-0.1, -0.05) is 36.4 Å². The van der Waals surface area contributed by atoms with E-state index in [-0.39, 0.29) is 17.0 Å². The van der Waals surface area contributed by atoms with Crippen molar-refractivity contribution in [3.8, 4) is 5.69 Å². The van der Waals surface area contributed by atoms with Crippen LogP contribution >= 0.6 is 23.1 Å². The van der Waals surface area contributed by atoms with Gasteiger partial charge in [0.15, 0.2) is 5.16 Å². The van der Waals surface area contributed by atoms with Crippen molar-refractivity contribution in [1.29, 1.82) is 0 Å². The minimum absolute atomic E-state index is 0.108. The van der Waals surface area contributed by atoms with Crippen LogP contribution < -0.4 is 5.56 Å². The maximum Gasteiger partial charge on any atom is 0.267 e. The molecule has 2 aromatic carbocycles. The third-order valence-corrected chi connectivity index (χ3v) is 9.59. The second-order valence-electron chi connectivity index (χ2n) is 9.67. The van der Waals surface area contributed by atoms with Gasteiger partial charge in [-0.05, 0) is 80.5 Å². The lowest BCUT2D eigenvalue weighted by atomic mass is 9.97. The fourth-order valence-corrected chi connectivity index (χ4v) is 7.78. The molecule has 0 saturated carbocycles. The zero-order chi connectivity index (χ0) is 26.2. The molecule has 38 heavy (non-hydrogen) atoms. The van der Waals surface area contributed by atoms with Crippen molar-refractivity contribution in [3.63, 3.8) is 0 Å². The fourth-order valence-electron chi connectivity index (χ4n) is 5.26. The van der Waals surface area contributed by atoms with E-state index in [1.54, 1.807) is 15.9 Å². The van der Waals surface area contributed by atoms with E-state index in [9.17, 15) is 18.8 Å². The van der Waals surface area contributed by atoms with Crippen molar-refractivity contribution in [2.24, 2.45) is 0 Å². The number of likely N-dealkylation sites (tertiary alicyclic amines) is 1. The summed E-state index contributed by atoms with van der Waals surface area (Å²) in [5.74, 6) is -1.17. The fraction of sp³-hybridized carbons (Fsp3) is 0.310. The van der Waals surface area contributed by atoms with Crippen LogP contribution in [0.1, 0.15) is 52.9 Å². The van der Waals surface area contributed by atoms with E-state index < -0.39 is 17.0 Å². The highest BCUT2D eigenvalue weighted by Gasteiger charge is 2.34. The van der Waals surface area contributed by atoms with Crippen LogP contribution in [0.4, 0.5) is 4.39 Å². The van der Waals surface area contributed by atoms with E-state index in [1.165, 1.54) is 45.8 Å². The molecule has 4 aromatic rings. The quantitative estimate of drug-likeness (QED) is 0.239. The number of carbonyl (C=O) groups is 2. The van der Waals surface area contributed by atoms with Gasteiger partial charge in [0.05, 0.1) is 16.3 Å². The van der Waals surface area contributed by atoms with Crippen LogP contribution in [0.25, 0.3) is 15.9 Å². The minimum Gasteiger partial charge on any atom is -0.278 e. The highest BCUT2D eigenvalue weighted by atomic mass is 32.2. The molecule has 1 unspecified atom stereocenters. The molecule has 1 atom stereocenters. The van der Waals surface area contributed by atoms with Crippen molar-refractivity contribution >= 4 is 45.1 Å². The number of amides is 2. The van der Waals surface area contributed by atoms with Gasteiger partial charge in [0, 0.05) is 17.0 Å². The lowest BCUT2D eigenvalue weighted by Gasteiger charge is -2.23. The molecule has 3 heterocycles. The summed E-state index contributed by atoms with van der Waals surface area (Å²) in [6, 6.07) is 14.6. The molecule has 1 saturated heterocycles. The van der Waals surface area contributed by atoms with Crippen molar-refractivity contribution in [1.82, 2.24) is 14.5 Å². The number of fused-ring (bicyclic) bond motifs is 3. The van der Waals surface area contributed by atoms with Crippen molar-refractivity contribution in [2.45, 2.75) is 55.4 Å². The first-order valence-electron chi connectivity index (χ1n) is 12.9. The van der Waals surface area contributed by atoms with Crippen LogP contribution in [-0.2, 0) is 17.6 Å². The number of thiophene rings is 1. The Morgan fingerprint density at radius 2 is 1.74 bits per heavy atom. The van der Waals surface area contributed by atoms with E-state index in [2.05, 4.69) is 0 Å². The maximum absolute atomic E-state index is 14.0. The van der Waals surface area contributed by atoms with Crippen molar-refractivity contribution in [3.05, 3.63) is 86.8 Å². The molecule has 194 valence electrons. The van der Waals surface area contributed by atoms with Gasteiger partial charge >= 0.3 is 0 Å². The van der Waals surface area contributed by atoms with Gasteiger partial charge in [-0.2, -0.15) is 0 Å². The minimum atomic E-state index is -0.573. The summed E-state index contributed by atoms with van der Waals surface area (Å²) in [5.41, 5.74) is 1.99. The normalized spacial score (nSPS) is 17.9. The third kappa shape index (κ3) is 4.58. The van der Waals surface area contributed by atoms with Crippen molar-refractivity contribution < 1.29 is 14.0 Å². The number of thioether (sulfide) groups is 1. The molecule has 2 aliphatic rings. The first kappa shape index (κ1) is 25.0. The number of imide groups is 1. The van der Waals surface area contributed by atoms with Crippen molar-refractivity contribution in [2.75, 3.05) is 6.54 Å². The zero-order valence-electron chi connectivity index (χ0n) is 20.7. The number of carbonyl (C=O) groups excluding carboxylic acids is 2. The molecule has 0 radical (unpaired) electrons. The highest BCUT2D eigenvalue weighted by molar-refractivity contribution is 8.00. The van der Waals surface area contributed by atoms with E-state index in [0.717, 1.165) is 42.5 Å². The van der Waals surface area contributed by atoms with Gasteiger partial charge in [0.2, 0.25) is 5.91 Å². The maximum atomic E-state index is 14.0. The van der Waals surface area contributed by atoms with E-state index >= 15 is 0 Å². The largest absolute Gasteiger partial charge is 0.278 e. The lowest BCUT2D eigenvalue weighted by molar-refractivity contribution is -0.127. The van der Waals surface area contributed by atoms with Gasteiger partial charge in [-0.15, -0.1) is 11.3 Å². The number of hydrogen-bond donors (Lipinski definition) is 0. The molecule has 2 aromatic heterocycles. The molecular formula is C29H26FN3O3S2. The number of rotatable bonds is 4. The number of para-hydroxylation sites is 1. The SMILES string of the molecule is O=C(c1ccc(F)cc1)N1CCCCC(Sc2nc3sc4c(c3c(=O)n2-c2ccccc2)CCCC4)C1=O. The van der Waals surface area contributed by atoms with E-state index in [4.69, 9.17) is 4.98 Å². The monoisotopic (exact) mass is 547 g/mol. The standard InChI is InChI=1S/C29H26FN3O3S2/c30-19-15-13-18(14-16-19)26(34)32-17-7-6-12-23(27(32)35)38-29-31-25-24(21-10-4-5-11-22(21)37-25)28(36)33(29)20-8-2-1-3-9-20/h1-3,8-9,13-16,23H,4-7,10-12,17H2. The molecule has 0 bridgehead atoms. The third-order valence-electron chi connectivity index (χ3n) is 7.20. The molecule has 0 spiro atoms. The predicted octanol–water partition coefficient (Wildman–Crippen LogP) is 5.78. The summed E-state index contributed by atoms with van der Waals surface area (Å²) in [6.07, 6.45) is 6.05. The number of aromatic nitrogens is 2. The summed E-state index contributed by atoms with van der Waals surface area (Å²) >= 11 is 2.84. The summed E-state index contributed by atoms with van der Waals surface area (Å²) in [4.78, 5) is 49.1. The number of nitrogens with zero attached hydrogens (tertiary/aromatic N) is 3. The predicted molar refractivity (Wildman–Crippen MR) is 148 cm³/mol. The molecule has 0 N–H and O–H groups in total. The van der Waals surface area contributed by atoms with Gasteiger partial charge in [-0.3, -0.25) is 23.9 Å². The second kappa shape index (κ2) is 10.5. The molecule has 6 rings (SSSR count).